The first-order chi connectivity index (χ1) is 11.3. The first kappa shape index (κ1) is 17.4. The van der Waals surface area contributed by atoms with Crippen LogP contribution < -0.4 is 10.6 Å². The molecule has 2 N–H and O–H groups in total. The maximum Gasteiger partial charge on any atom is 0.413 e. The summed E-state index contributed by atoms with van der Waals surface area (Å²) in [5, 5.41) is 9.16. The summed E-state index contributed by atoms with van der Waals surface area (Å²) in [4.78, 5) is 31.3. The van der Waals surface area contributed by atoms with Gasteiger partial charge in [-0.2, -0.15) is 5.10 Å². The first-order valence-corrected chi connectivity index (χ1v) is 7.40. The molecule has 2 aromatic heterocycles. The van der Waals surface area contributed by atoms with Gasteiger partial charge in [-0.15, -0.1) is 0 Å². The Labute approximate surface area is 139 Å². The van der Waals surface area contributed by atoms with Gasteiger partial charge in [-0.05, 0) is 32.9 Å². The van der Waals surface area contributed by atoms with E-state index in [1.54, 1.807) is 43.9 Å². The molecule has 0 unspecified atom stereocenters. The quantitative estimate of drug-likeness (QED) is 0.867. The van der Waals surface area contributed by atoms with Crippen molar-refractivity contribution < 1.29 is 14.3 Å². The molecule has 0 fully saturated rings. The van der Waals surface area contributed by atoms with Gasteiger partial charge in [0.1, 0.15) is 24.1 Å². The number of aryl methyl sites for hydroxylation is 1. The smallest absolute Gasteiger partial charge is 0.413 e. The summed E-state index contributed by atoms with van der Waals surface area (Å²) in [6.45, 7) is 5.77. The van der Waals surface area contributed by atoms with Crippen LogP contribution in [0.3, 0.4) is 0 Å². The molecule has 0 aliphatic carbocycles. The molecule has 2 rings (SSSR count). The van der Waals surface area contributed by atoms with Crippen LogP contribution >= 0.6 is 0 Å². The van der Waals surface area contributed by atoms with E-state index in [1.807, 2.05) is 0 Å². The van der Waals surface area contributed by atoms with Gasteiger partial charge in [0.05, 0.1) is 18.4 Å². The van der Waals surface area contributed by atoms with Crippen LogP contribution in [0.25, 0.3) is 0 Å². The minimum atomic E-state index is -0.584. The van der Waals surface area contributed by atoms with Gasteiger partial charge in [0.2, 0.25) is 5.91 Å². The van der Waals surface area contributed by atoms with Crippen LogP contribution in [0.2, 0.25) is 0 Å². The minimum absolute atomic E-state index is 0.167. The second kappa shape index (κ2) is 7.53. The molecule has 128 valence electrons. The lowest BCUT2D eigenvalue weighted by Crippen LogP contribution is -2.27. The van der Waals surface area contributed by atoms with E-state index in [0.717, 1.165) is 0 Å². The number of aromatic nitrogens is 4. The molecular formula is C15H20N6O3. The Bertz CT molecular complexity index is 676. The average molecular weight is 332 g/mol. The molecule has 0 aliphatic heterocycles. The van der Waals surface area contributed by atoms with Crippen molar-refractivity contribution in [2.75, 3.05) is 10.6 Å². The molecule has 0 aromatic carbocycles. The van der Waals surface area contributed by atoms with E-state index in [-0.39, 0.29) is 12.3 Å². The van der Waals surface area contributed by atoms with Crippen LogP contribution in [-0.4, -0.2) is 37.3 Å². The first-order valence-electron chi connectivity index (χ1n) is 7.40. The zero-order valence-corrected chi connectivity index (χ0v) is 13.8. The zero-order valence-electron chi connectivity index (χ0n) is 13.8. The molecule has 0 spiro atoms. The van der Waals surface area contributed by atoms with E-state index < -0.39 is 11.7 Å². The molecule has 2 aromatic rings. The molecule has 2 amide bonds. The lowest BCUT2D eigenvalue weighted by molar-refractivity contribution is -0.116. The Morgan fingerprint density at radius 1 is 1.25 bits per heavy atom. The number of nitrogens with zero attached hydrogens (tertiary/aromatic N) is 4. The molecule has 24 heavy (non-hydrogen) atoms. The molecule has 0 saturated carbocycles. The topological polar surface area (TPSA) is 111 Å². The second-order valence-electron chi connectivity index (χ2n) is 6.02. The van der Waals surface area contributed by atoms with Gasteiger partial charge in [0.15, 0.2) is 0 Å². The Hall–Kier alpha value is -2.97. The van der Waals surface area contributed by atoms with Crippen molar-refractivity contribution in [3.63, 3.8) is 0 Å². The molecule has 9 heteroatoms. The number of anilines is 2. The van der Waals surface area contributed by atoms with Crippen molar-refractivity contribution >= 4 is 23.5 Å². The van der Waals surface area contributed by atoms with Gasteiger partial charge >= 0.3 is 6.09 Å². The fourth-order valence-corrected chi connectivity index (χ4v) is 1.74. The van der Waals surface area contributed by atoms with E-state index in [1.165, 1.54) is 12.5 Å². The van der Waals surface area contributed by atoms with E-state index in [4.69, 9.17) is 4.74 Å². The van der Waals surface area contributed by atoms with Gasteiger partial charge in [-0.3, -0.25) is 14.8 Å². The highest BCUT2D eigenvalue weighted by molar-refractivity contribution is 5.90. The van der Waals surface area contributed by atoms with E-state index in [9.17, 15) is 9.59 Å². The molecular weight excluding hydrogens is 312 g/mol. The number of pyridine rings is 1. The highest BCUT2D eigenvalue weighted by Gasteiger charge is 2.16. The number of ether oxygens (including phenoxy) is 1. The Morgan fingerprint density at radius 2 is 2.04 bits per heavy atom. The summed E-state index contributed by atoms with van der Waals surface area (Å²) in [5.41, 5.74) is -0.0458. The van der Waals surface area contributed by atoms with Crippen molar-refractivity contribution in [1.29, 1.82) is 0 Å². The fraction of sp³-hybridized carbons (Fsp3) is 0.400. The number of carbonyl (C=O) groups is 2. The van der Waals surface area contributed by atoms with E-state index in [0.29, 0.717) is 18.1 Å². The molecule has 0 saturated heterocycles. The molecule has 0 aliphatic rings. The maximum atomic E-state index is 11.8. The Morgan fingerprint density at radius 3 is 2.62 bits per heavy atom. The normalized spacial score (nSPS) is 11.0. The predicted octanol–water partition coefficient (Wildman–Crippen LogP) is 2.05. The minimum Gasteiger partial charge on any atom is -0.444 e. The molecule has 0 atom stereocenters. The van der Waals surface area contributed by atoms with Crippen LogP contribution in [0.15, 0.2) is 31.0 Å². The van der Waals surface area contributed by atoms with Crippen molar-refractivity contribution in [3.8, 4) is 0 Å². The monoisotopic (exact) mass is 332 g/mol. The molecule has 9 nitrogen and oxygen atoms in total. The van der Waals surface area contributed by atoms with Gasteiger partial charge in [-0.1, -0.05) is 0 Å². The third kappa shape index (κ3) is 6.03. The molecule has 2 heterocycles. The van der Waals surface area contributed by atoms with Gasteiger partial charge in [0.25, 0.3) is 0 Å². The third-order valence-electron chi connectivity index (χ3n) is 2.71. The van der Waals surface area contributed by atoms with Crippen LogP contribution in [-0.2, 0) is 16.1 Å². The van der Waals surface area contributed by atoms with E-state index in [2.05, 4.69) is 25.7 Å². The predicted molar refractivity (Wildman–Crippen MR) is 87.4 cm³/mol. The summed E-state index contributed by atoms with van der Waals surface area (Å²) < 4.78 is 6.71. The van der Waals surface area contributed by atoms with Crippen molar-refractivity contribution in [3.05, 3.63) is 31.0 Å². The third-order valence-corrected chi connectivity index (χ3v) is 2.71. The van der Waals surface area contributed by atoms with E-state index >= 15 is 0 Å². The summed E-state index contributed by atoms with van der Waals surface area (Å²) in [6.07, 6.45) is 4.10. The number of rotatable bonds is 5. The summed E-state index contributed by atoms with van der Waals surface area (Å²) in [7, 11) is 0. The maximum absolute atomic E-state index is 11.8. The summed E-state index contributed by atoms with van der Waals surface area (Å²) in [5.74, 6) is 0.171. The average Bonchev–Trinajstić information content (AvgIpc) is 2.98. The Balaban J connectivity index is 1.81. The highest BCUT2D eigenvalue weighted by Crippen LogP contribution is 2.12. The largest absolute Gasteiger partial charge is 0.444 e. The lowest BCUT2D eigenvalue weighted by Gasteiger charge is -2.19. The number of hydrogen-bond acceptors (Lipinski definition) is 6. The van der Waals surface area contributed by atoms with Crippen LogP contribution in [0, 0.1) is 0 Å². The van der Waals surface area contributed by atoms with Gasteiger partial charge in [0, 0.05) is 6.42 Å². The highest BCUT2D eigenvalue weighted by atomic mass is 16.6. The van der Waals surface area contributed by atoms with Gasteiger partial charge in [-0.25, -0.2) is 14.8 Å². The van der Waals surface area contributed by atoms with Crippen LogP contribution in [0.5, 0.6) is 0 Å². The number of carbonyl (C=O) groups excluding carboxylic acids is 2. The van der Waals surface area contributed by atoms with Crippen molar-refractivity contribution in [1.82, 2.24) is 19.7 Å². The SMILES string of the molecule is CC(C)(C)OC(=O)Nc1ccc(NC(=O)CCn2cncn2)cn1. The molecule has 0 bridgehead atoms. The Kier molecular flexibility index (Phi) is 5.46. The van der Waals surface area contributed by atoms with Crippen LogP contribution in [0.4, 0.5) is 16.3 Å². The number of amides is 2. The van der Waals surface area contributed by atoms with Crippen molar-refractivity contribution in [2.45, 2.75) is 39.3 Å². The van der Waals surface area contributed by atoms with Gasteiger partial charge < -0.3 is 10.1 Å². The number of nitrogens with one attached hydrogen (secondary N) is 2. The lowest BCUT2D eigenvalue weighted by atomic mass is 10.2. The van der Waals surface area contributed by atoms with Crippen LogP contribution in [0.1, 0.15) is 27.2 Å². The molecule has 0 radical (unpaired) electrons. The summed E-state index contributed by atoms with van der Waals surface area (Å²) in [6, 6.07) is 3.23. The number of hydrogen-bond donors (Lipinski definition) is 2. The second-order valence-corrected chi connectivity index (χ2v) is 6.02. The van der Waals surface area contributed by atoms with Crippen molar-refractivity contribution in [2.24, 2.45) is 0 Å². The summed E-state index contributed by atoms with van der Waals surface area (Å²) >= 11 is 0. The fourth-order valence-electron chi connectivity index (χ4n) is 1.74. The zero-order chi connectivity index (χ0) is 17.6. The standard InChI is InChI=1S/C15H20N6O3/c1-15(2,3)24-14(23)20-12-5-4-11(8-17-12)19-13(22)6-7-21-10-16-9-18-21/h4-5,8-10H,6-7H2,1-3H3,(H,19,22)(H,17,20,23).